The number of carboxylic acid groups (broad SMARTS) is 2. The first kappa shape index (κ1) is 34.1. The number of carbonyl (C=O) groups is 4. The Hall–Kier alpha value is -4.12. The van der Waals surface area contributed by atoms with E-state index in [1.807, 2.05) is 30.3 Å². The van der Waals surface area contributed by atoms with Crippen LogP contribution in [0.15, 0.2) is 48.5 Å². The first-order chi connectivity index (χ1) is 19.9. The number of amides is 2. The number of carboxylic acids is 2. The molecule has 2 amide bonds. The summed E-state index contributed by atoms with van der Waals surface area (Å²) in [6, 6.07) is 12.8. The van der Waals surface area contributed by atoms with E-state index < -0.39 is 42.3 Å². The van der Waals surface area contributed by atoms with Gasteiger partial charge in [-0.05, 0) is 63.3 Å². The lowest BCUT2D eigenvalue weighted by Gasteiger charge is -2.26. The third-order valence-electron chi connectivity index (χ3n) is 6.12. The minimum atomic E-state index is -1.28. The van der Waals surface area contributed by atoms with Crippen molar-refractivity contribution in [2.45, 2.75) is 77.5 Å². The van der Waals surface area contributed by atoms with E-state index >= 15 is 0 Å². The zero-order valence-electron chi connectivity index (χ0n) is 24.8. The number of unbranched alkanes of at least 4 members (excludes halogenated alkanes) is 2. The third-order valence-corrected chi connectivity index (χ3v) is 6.12. The highest BCUT2D eigenvalue weighted by molar-refractivity contribution is 5.91. The maximum absolute atomic E-state index is 13.3. The molecule has 0 radical (unpaired) electrons. The van der Waals surface area contributed by atoms with Crippen LogP contribution in [-0.2, 0) is 27.2 Å². The number of rotatable bonds is 17. The predicted molar refractivity (Wildman–Crippen MR) is 158 cm³/mol. The monoisotopic (exact) mass is 585 g/mol. The molecule has 0 fully saturated rings. The molecule has 0 unspecified atom stereocenters. The van der Waals surface area contributed by atoms with Gasteiger partial charge in [-0.3, -0.25) is 4.79 Å². The molecule has 0 bridgehead atoms. The van der Waals surface area contributed by atoms with Gasteiger partial charge in [0.05, 0.1) is 6.04 Å². The van der Waals surface area contributed by atoms with Crippen molar-refractivity contribution in [2.24, 2.45) is 0 Å². The molecule has 2 rings (SSSR count). The molecule has 5 N–H and O–H groups in total. The molecule has 0 aliphatic rings. The van der Waals surface area contributed by atoms with Crippen molar-refractivity contribution in [3.05, 3.63) is 65.2 Å². The zero-order valence-corrected chi connectivity index (χ0v) is 24.8. The van der Waals surface area contributed by atoms with E-state index in [0.717, 1.165) is 24.8 Å². The molecule has 230 valence electrons. The number of hydrogen-bond donors (Lipinski definition) is 5. The molecule has 11 heteroatoms. The number of aromatic carboxylic acids is 1. The zero-order chi connectivity index (χ0) is 31.1. The Balaban J connectivity index is 2.26. The standard InChI is InChI=1S/C31H43N3O8/c1-5-6-10-15-32-28(37)25(18-22-13-14-26(41-20-27(35)36)24(17-22)29(38)39)33-19-23(16-21-11-8-7-9-12-21)34-30(40)42-31(2,3)4/h7-9,11-14,17,23,25,33H,5-6,10,15-16,18-20H2,1-4H3,(H,32,37)(H,34,40)(H,35,36)(H,38,39)/t23-,25+/m1/s1. The van der Waals surface area contributed by atoms with Crippen LogP contribution < -0.4 is 20.7 Å². The topological polar surface area (TPSA) is 163 Å². The summed E-state index contributed by atoms with van der Waals surface area (Å²) in [5.74, 6) is -2.85. The van der Waals surface area contributed by atoms with E-state index in [1.165, 1.54) is 12.1 Å². The van der Waals surface area contributed by atoms with Crippen LogP contribution in [0.5, 0.6) is 5.75 Å². The number of nitrogens with one attached hydrogen (secondary N) is 3. The molecule has 2 aromatic rings. The molecule has 0 aliphatic heterocycles. The SMILES string of the molecule is CCCCCNC(=O)[C@H](Cc1ccc(OCC(=O)O)c(C(=O)O)c1)NC[C@@H](Cc1ccccc1)NC(=O)OC(C)(C)C. The van der Waals surface area contributed by atoms with Gasteiger partial charge in [0.1, 0.15) is 16.9 Å². The fourth-order valence-corrected chi connectivity index (χ4v) is 4.17. The van der Waals surface area contributed by atoms with Gasteiger partial charge in [-0.25, -0.2) is 14.4 Å². The van der Waals surface area contributed by atoms with Crippen LogP contribution >= 0.6 is 0 Å². The smallest absolute Gasteiger partial charge is 0.407 e. The van der Waals surface area contributed by atoms with Gasteiger partial charge in [0.2, 0.25) is 5.91 Å². The largest absolute Gasteiger partial charge is 0.481 e. The van der Waals surface area contributed by atoms with E-state index in [-0.39, 0.29) is 30.2 Å². The number of benzene rings is 2. The lowest BCUT2D eigenvalue weighted by molar-refractivity contribution is -0.139. The second kappa shape index (κ2) is 17.0. The van der Waals surface area contributed by atoms with E-state index in [2.05, 4.69) is 22.9 Å². The Morgan fingerprint density at radius 3 is 2.26 bits per heavy atom. The average Bonchev–Trinajstić information content (AvgIpc) is 2.91. The van der Waals surface area contributed by atoms with Crippen molar-refractivity contribution in [2.75, 3.05) is 19.7 Å². The highest BCUT2D eigenvalue weighted by atomic mass is 16.6. The number of hydrogen-bond acceptors (Lipinski definition) is 7. The van der Waals surface area contributed by atoms with Crippen LogP contribution in [0.2, 0.25) is 0 Å². The predicted octanol–water partition coefficient (Wildman–Crippen LogP) is 3.79. The lowest BCUT2D eigenvalue weighted by atomic mass is 10.0. The van der Waals surface area contributed by atoms with E-state index in [1.54, 1.807) is 26.8 Å². The van der Waals surface area contributed by atoms with Gasteiger partial charge < -0.3 is 35.6 Å². The van der Waals surface area contributed by atoms with E-state index in [4.69, 9.17) is 14.6 Å². The van der Waals surface area contributed by atoms with Gasteiger partial charge in [0.15, 0.2) is 6.61 Å². The summed E-state index contributed by atoms with van der Waals surface area (Å²) in [6.07, 6.45) is 2.85. The summed E-state index contributed by atoms with van der Waals surface area (Å²) in [6.45, 7) is 7.44. The molecular weight excluding hydrogens is 542 g/mol. The van der Waals surface area contributed by atoms with Crippen LogP contribution in [0, 0.1) is 0 Å². The number of aliphatic carboxylic acids is 1. The molecular formula is C31H43N3O8. The quantitative estimate of drug-likeness (QED) is 0.174. The van der Waals surface area contributed by atoms with Crippen molar-refractivity contribution in [3.63, 3.8) is 0 Å². The van der Waals surface area contributed by atoms with Crippen molar-refractivity contribution < 1.29 is 38.9 Å². The molecule has 0 heterocycles. The number of carbonyl (C=O) groups excluding carboxylic acids is 2. The molecule has 42 heavy (non-hydrogen) atoms. The summed E-state index contributed by atoms with van der Waals surface area (Å²) in [5.41, 5.74) is 0.641. The Bertz CT molecular complexity index is 1180. The van der Waals surface area contributed by atoms with Gasteiger partial charge in [-0.1, -0.05) is 56.2 Å². The lowest BCUT2D eigenvalue weighted by Crippen LogP contribution is -2.52. The van der Waals surface area contributed by atoms with Crippen molar-refractivity contribution in [1.82, 2.24) is 16.0 Å². The van der Waals surface area contributed by atoms with Crippen LogP contribution in [-0.4, -0.2) is 71.5 Å². The average molecular weight is 586 g/mol. The molecule has 2 atom stereocenters. The highest BCUT2D eigenvalue weighted by Crippen LogP contribution is 2.21. The Morgan fingerprint density at radius 1 is 0.929 bits per heavy atom. The Labute approximate surface area is 247 Å². The second-order valence-electron chi connectivity index (χ2n) is 11.0. The molecule has 0 saturated carbocycles. The van der Waals surface area contributed by atoms with Crippen molar-refractivity contribution in [1.29, 1.82) is 0 Å². The van der Waals surface area contributed by atoms with Crippen LogP contribution in [0.1, 0.15) is 68.4 Å². The van der Waals surface area contributed by atoms with Gasteiger partial charge in [0.25, 0.3) is 0 Å². The van der Waals surface area contributed by atoms with Gasteiger partial charge >= 0.3 is 18.0 Å². The van der Waals surface area contributed by atoms with Crippen LogP contribution in [0.3, 0.4) is 0 Å². The molecule has 0 spiro atoms. The molecule has 0 aliphatic carbocycles. The summed E-state index contributed by atoms with van der Waals surface area (Å²) in [7, 11) is 0. The summed E-state index contributed by atoms with van der Waals surface area (Å²) < 4.78 is 10.6. The second-order valence-corrected chi connectivity index (χ2v) is 11.0. The van der Waals surface area contributed by atoms with Gasteiger partial charge in [-0.2, -0.15) is 0 Å². The molecule has 0 saturated heterocycles. The van der Waals surface area contributed by atoms with Crippen LogP contribution in [0.25, 0.3) is 0 Å². The Morgan fingerprint density at radius 2 is 1.64 bits per heavy atom. The summed E-state index contributed by atoms with van der Waals surface area (Å²) in [4.78, 5) is 48.6. The summed E-state index contributed by atoms with van der Waals surface area (Å²) in [5, 5.41) is 27.7. The minimum absolute atomic E-state index is 0.0772. The first-order valence-corrected chi connectivity index (χ1v) is 14.1. The van der Waals surface area contributed by atoms with Crippen molar-refractivity contribution >= 4 is 23.9 Å². The molecule has 11 nitrogen and oxygen atoms in total. The Kier molecular flexibility index (Phi) is 13.8. The normalized spacial score (nSPS) is 12.6. The van der Waals surface area contributed by atoms with E-state index in [9.17, 15) is 24.3 Å². The van der Waals surface area contributed by atoms with Gasteiger partial charge in [0, 0.05) is 19.1 Å². The molecule has 0 aromatic heterocycles. The molecule has 2 aromatic carbocycles. The summed E-state index contributed by atoms with van der Waals surface area (Å²) >= 11 is 0. The highest BCUT2D eigenvalue weighted by Gasteiger charge is 2.24. The number of alkyl carbamates (subject to hydrolysis) is 1. The fourth-order valence-electron chi connectivity index (χ4n) is 4.17. The van der Waals surface area contributed by atoms with Crippen molar-refractivity contribution in [3.8, 4) is 5.75 Å². The maximum Gasteiger partial charge on any atom is 0.407 e. The van der Waals surface area contributed by atoms with Gasteiger partial charge in [-0.15, -0.1) is 0 Å². The first-order valence-electron chi connectivity index (χ1n) is 14.1. The third kappa shape index (κ3) is 13.0. The minimum Gasteiger partial charge on any atom is -0.481 e. The van der Waals surface area contributed by atoms with Crippen LogP contribution in [0.4, 0.5) is 4.79 Å². The maximum atomic E-state index is 13.3. The number of ether oxygens (including phenoxy) is 2. The van der Waals surface area contributed by atoms with E-state index in [0.29, 0.717) is 18.5 Å². The fraction of sp³-hybridized carbons (Fsp3) is 0.484.